The zero-order valence-corrected chi connectivity index (χ0v) is 8.54. The molecule has 0 amide bonds. The monoisotopic (exact) mass is 287 g/mol. The Hall–Kier alpha value is 0.330. The van der Waals surface area contributed by atoms with Crippen LogP contribution in [0.2, 0.25) is 10.0 Å². The molecule has 0 heterocycles. The zero-order valence-electron chi connectivity index (χ0n) is 4.87. The van der Waals surface area contributed by atoms with Gasteiger partial charge in [-0.25, -0.2) is 0 Å². The molecule has 0 atom stereocenters. The van der Waals surface area contributed by atoms with Crippen molar-refractivity contribution in [2.45, 2.75) is 0 Å². The topological polar surface area (TPSA) is 26.0 Å². The van der Waals surface area contributed by atoms with Gasteiger partial charge in [0.05, 0.1) is 15.7 Å². The minimum absolute atomic E-state index is 0.448. The van der Waals surface area contributed by atoms with Crippen molar-refractivity contribution in [1.29, 1.82) is 0 Å². The van der Waals surface area contributed by atoms with Crippen molar-refractivity contribution in [3.05, 3.63) is 25.7 Å². The highest BCUT2D eigenvalue weighted by Gasteiger charge is 2.01. The molecule has 0 saturated carbocycles. The van der Waals surface area contributed by atoms with E-state index in [9.17, 15) is 0 Å². The first-order valence-electron chi connectivity index (χ1n) is 2.51. The molecule has 0 saturated heterocycles. The van der Waals surface area contributed by atoms with Gasteiger partial charge in [0.15, 0.2) is 0 Å². The molecule has 0 aliphatic rings. The summed E-state index contributed by atoms with van der Waals surface area (Å²) in [4.78, 5) is 0. The maximum absolute atomic E-state index is 5.70. The summed E-state index contributed by atoms with van der Waals surface area (Å²) in [6.07, 6.45) is 0. The number of hydrogen-bond donors (Lipinski definition) is 1. The van der Waals surface area contributed by atoms with Gasteiger partial charge in [-0.3, -0.25) is 0 Å². The molecule has 0 aliphatic carbocycles. The average Bonchev–Trinajstić information content (AvgIpc) is 1.82. The Morgan fingerprint density at radius 2 is 1.60 bits per heavy atom. The van der Waals surface area contributed by atoms with Crippen molar-refractivity contribution in [2.75, 3.05) is 5.73 Å². The van der Waals surface area contributed by atoms with Crippen LogP contribution in [-0.2, 0) is 0 Å². The Balaban J connectivity index is 3.31. The Bertz CT molecular complexity index is 239. The van der Waals surface area contributed by atoms with Crippen molar-refractivity contribution in [3.63, 3.8) is 0 Å². The summed E-state index contributed by atoms with van der Waals surface area (Å²) in [6, 6.07) is 3.53. The fourth-order valence-corrected chi connectivity index (χ4v) is 2.03. The second-order valence-corrected chi connectivity index (χ2v) is 3.84. The van der Waals surface area contributed by atoms with Crippen LogP contribution < -0.4 is 5.73 Å². The smallest absolute Gasteiger partial charge is 0.0693 e. The van der Waals surface area contributed by atoms with Gasteiger partial charge in [-0.05, 0) is 34.7 Å². The van der Waals surface area contributed by atoms with Gasteiger partial charge in [0.25, 0.3) is 0 Å². The molecule has 0 radical (unpaired) electrons. The minimum Gasteiger partial charge on any atom is -0.396 e. The van der Waals surface area contributed by atoms with E-state index < -0.39 is 0 Å². The molecule has 1 rings (SSSR count). The van der Waals surface area contributed by atoms with Gasteiger partial charge in [0.1, 0.15) is 0 Å². The lowest BCUT2D eigenvalue weighted by Crippen LogP contribution is -1.87. The Morgan fingerprint density at radius 1 is 1.20 bits per heavy atom. The molecule has 0 unspecified atom stereocenters. The van der Waals surface area contributed by atoms with Crippen LogP contribution in [0.5, 0.6) is 0 Å². The van der Waals surface area contributed by atoms with Gasteiger partial charge in [-0.2, -0.15) is 0 Å². The van der Waals surface area contributed by atoms with Crippen molar-refractivity contribution >= 4 is 51.5 Å². The van der Waals surface area contributed by atoms with E-state index >= 15 is 0 Å². The van der Waals surface area contributed by atoms with Crippen LogP contribution in [0.25, 0.3) is 0 Å². The zero-order chi connectivity index (χ0) is 7.72. The van der Waals surface area contributed by atoms with Gasteiger partial charge >= 0.3 is 0 Å². The minimum atomic E-state index is 0.448. The van der Waals surface area contributed by atoms with E-state index in [0.29, 0.717) is 15.7 Å². The average molecular weight is 288 g/mol. The predicted molar refractivity (Wildman–Crippen MR) is 53.6 cm³/mol. The summed E-state index contributed by atoms with van der Waals surface area (Å²) < 4.78 is 0.988. The lowest BCUT2D eigenvalue weighted by molar-refractivity contribution is 1.63. The summed E-state index contributed by atoms with van der Waals surface area (Å²) >= 11 is 13.5. The molecule has 10 heavy (non-hydrogen) atoms. The van der Waals surface area contributed by atoms with Crippen molar-refractivity contribution in [1.82, 2.24) is 0 Å². The molecule has 54 valence electrons. The van der Waals surface area contributed by atoms with Crippen LogP contribution in [0.4, 0.5) is 5.69 Å². The summed E-state index contributed by atoms with van der Waals surface area (Å²) in [5.41, 5.74) is 5.93. The maximum Gasteiger partial charge on any atom is 0.0693 e. The molecule has 0 fully saturated rings. The molecular weight excluding hydrogens is 284 g/mol. The highest BCUT2D eigenvalue weighted by Crippen LogP contribution is 2.29. The Morgan fingerprint density at radius 3 is 2.00 bits per heavy atom. The van der Waals surface area contributed by atoms with Gasteiger partial charge in [-0.1, -0.05) is 23.2 Å². The van der Waals surface area contributed by atoms with Crippen LogP contribution in [0.3, 0.4) is 0 Å². The van der Waals surface area contributed by atoms with Gasteiger partial charge in [0, 0.05) is 3.57 Å². The van der Waals surface area contributed by atoms with Crippen LogP contribution in [0.15, 0.2) is 12.1 Å². The third kappa shape index (κ3) is 1.68. The van der Waals surface area contributed by atoms with Gasteiger partial charge in [-0.15, -0.1) is 0 Å². The molecule has 1 aromatic rings. The molecule has 0 aliphatic heterocycles. The summed E-state index contributed by atoms with van der Waals surface area (Å²) in [6.45, 7) is 0. The van der Waals surface area contributed by atoms with Gasteiger partial charge < -0.3 is 5.73 Å². The number of nitrogens with two attached hydrogens (primary N) is 1. The second-order valence-electron chi connectivity index (χ2n) is 1.78. The highest BCUT2D eigenvalue weighted by molar-refractivity contribution is 14.1. The first kappa shape index (κ1) is 8.43. The van der Waals surface area contributed by atoms with Crippen LogP contribution in [-0.4, -0.2) is 0 Å². The highest BCUT2D eigenvalue weighted by atomic mass is 127. The van der Waals surface area contributed by atoms with E-state index in [4.69, 9.17) is 28.9 Å². The largest absolute Gasteiger partial charge is 0.396 e. The molecular formula is C6H4Cl2IN. The number of halogens is 3. The van der Waals surface area contributed by atoms with E-state index in [2.05, 4.69) is 22.6 Å². The van der Waals surface area contributed by atoms with Gasteiger partial charge in [0.2, 0.25) is 0 Å². The fraction of sp³-hybridized carbons (Fsp3) is 0. The maximum atomic E-state index is 5.70. The SMILES string of the molecule is Nc1c(Cl)cc(I)cc1Cl. The lowest BCUT2D eigenvalue weighted by atomic mass is 10.3. The van der Waals surface area contributed by atoms with E-state index in [1.54, 1.807) is 12.1 Å². The van der Waals surface area contributed by atoms with Crippen LogP contribution in [0.1, 0.15) is 0 Å². The Kier molecular flexibility index (Phi) is 2.66. The quantitative estimate of drug-likeness (QED) is 0.576. The fourth-order valence-electron chi connectivity index (χ4n) is 0.553. The molecule has 0 bridgehead atoms. The van der Waals surface area contributed by atoms with Crippen molar-refractivity contribution in [3.8, 4) is 0 Å². The molecule has 0 spiro atoms. The Labute approximate surface area is 82.6 Å². The first-order chi connectivity index (χ1) is 4.61. The second kappa shape index (κ2) is 3.15. The van der Waals surface area contributed by atoms with E-state index in [0.717, 1.165) is 3.57 Å². The van der Waals surface area contributed by atoms with Crippen molar-refractivity contribution < 1.29 is 0 Å². The van der Waals surface area contributed by atoms with Crippen molar-refractivity contribution in [2.24, 2.45) is 0 Å². The van der Waals surface area contributed by atoms with E-state index in [-0.39, 0.29) is 0 Å². The number of hydrogen-bond acceptors (Lipinski definition) is 1. The molecule has 0 aromatic heterocycles. The third-order valence-corrected chi connectivity index (χ3v) is 2.29. The summed E-state index contributed by atoms with van der Waals surface area (Å²) in [7, 11) is 0. The van der Waals surface area contributed by atoms with E-state index in [1.807, 2.05) is 0 Å². The normalized spacial score (nSPS) is 9.90. The lowest BCUT2D eigenvalue weighted by Gasteiger charge is -2.00. The number of anilines is 1. The standard InChI is InChI=1S/C6H4Cl2IN/c7-4-1-3(9)2-5(8)6(4)10/h1-2H,10H2. The molecule has 1 aromatic carbocycles. The number of nitrogen functional groups attached to an aromatic ring is 1. The molecule has 4 heteroatoms. The summed E-state index contributed by atoms with van der Waals surface area (Å²) in [5, 5.41) is 1.02. The van der Waals surface area contributed by atoms with Crippen LogP contribution in [0, 0.1) is 3.57 Å². The van der Waals surface area contributed by atoms with Crippen LogP contribution >= 0.6 is 45.8 Å². The number of benzene rings is 1. The molecule has 2 N–H and O–H groups in total. The first-order valence-corrected chi connectivity index (χ1v) is 4.35. The predicted octanol–water partition coefficient (Wildman–Crippen LogP) is 3.18. The summed E-state index contributed by atoms with van der Waals surface area (Å²) in [5.74, 6) is 0. The van der Waals surface area contributed by atoms with E-state index in [1.165, 1.54) is 0 Å². The molecule has 1 nitrogen and oxygen atoms in total. The third-order valence-electron chi connectivity index (χ3n) is 1.04. The number of rotatable bonds is 0.